The van der Waals surface area contributed by atoms with Gasteiger partial charge in [0.25, 0.3) is 0 Å². The Kier molecular flexibility index (Phi) is 3.28. The molecule has 3 aromatic rings. The zero-order chi connectivity index (χ0) is 14.8. The molecule has 0 amide bonds. The summed E-state index contributed by atoms with van der Waals surface area (Å²) in [5.74, 6) is 0.780. The Hall–Kier alpha value is -2.88. The number of benzene rings is 2. The van der Waals surface area contributed by atoms with Crippen LogP contribution in [0.5, 0.6) is 5.75 Å². The van der Waals surface area contributed by atoms with Gasteiger partial charge in [0.1, 0.15) is 0 Å². The predicted octanol–water partition coefficient (Wildman–Crippen LogP) is 3.03. The standard InChI is InChI=1S/C10H8O3.C7H4O/c1-12-8-4-2-3-7-5-6-9(11)13-10(7)8;8-7-5-2-1-3-6(7)4-5/h2-6H,1H3;1-4H. The Balaban J connectivity index is 0.000000140. The summed E-state index contributed by atoms with van der Waals surface area (Å²) in [4.78, 5) is 21.6. The van der Waals surface area contributed by atoms with Gasteiger partial charge in [0, 0.05) is 22.6 Å². The summed E-state index contributed by atoms with van der Waals surface area (Å²) in [5, 5.41) is 0.860. The topological polar surface area (TPSA) is 56.5 Å². The summed E-state index contributed by atoms with van der Waals surface area (Å²) in [7, 11) is 1.54. The SMILES string of the molecule is COc1cccc2ccc(=O)oc12.O=C1c2cccc1c2. The van der Waals surface area contributed by atoms with E-state index in [1.807, 2.05) is 36.4 Å². The van der Waals surface area contributed by atoms with Crippen molar-refractivity contribution in [2.45, 2.75) is 0 Å². The van der Waals surface area contributed by atoms with Crippen molar-refractivity contribution in [2.24, 2.45) is 0 Å². The lowest BCUT2D eigenvalue weighted by molar-refractivity contribution is 0.102. The molecule has 0 unspecified atom stereocenters. The van der Waals surface area contributed by atoms with Gasteiger partial charge in [-0.25, -0.2) is 4.79 Å². The van der Waals surface area contributed by atoms with Gasteiger partial charge in [0.2, 0.25) is 0 Å². The second-order valence-electron chi connectivity index (χ2n) is 4.54. The molecule has 4 heteroatoms. The van der Waals surface area contributed by atoms with Gasteiger partial charge in [-0.15, -0.1) is 0 Å². The molecule has 0 N–H and O–H groups in total. The van der Waals surface area contributed by atoms with E-state index < -0.39 is 0 Å². The molecule has 0 atom stereocenters. The fourth-order valence-corrected chi connectivity index (χ4v) is 2.12. The Morgan fingerprint density at radius 1 is 0.905 bits per heavy atom. The van der Waals surface area contributed by atoms with Crippen LogP contribution in [0.25, 0.3) is 11.0 Å². The number of carbonyl (C=O) groups is 1. The van der Waals surface area contributed by atoms with Crippen molar-refractivity contribution < 1.29 is 13.9 Å². The molecule has 2 bridgehead atoms. The molecular formula is C17H12O4. The first-order valence-corrected chi connectivity index (χ1v) is 6.40. The third kappa shape index (κ3) is 2.43. The first kappa shape index (κ1) is 13.1. The number of ether oxygens (including phenoxy) is 1. The molecule has 0 saturated carbocycles. The lowest BCUT2D eigenvalue weighted by Gasteiger charge is -2.10. The molecule has 0 aliphatic heterocycles. The Morgan fingerprint density at radius 3 is 2.19 bits per heavy atom. The summed E-state index contributed by atoms with van der Waals surface area (Å²) >= 11 is 0. The molecule has 21 heavy (non-hydrogen) atoms. The van der Waals surface area contributed by atoms with Gasteiger partial charge in [-0.1, -0.05) is 30.3 Å². The van der Waals surface area contributed by atoms with E-state index in [0.717, 1.165) is 16.5 Å². The van der Waals surface area contributed by atoms with Crippen LogP contribution in [0.1, 0.15) is 15.9 Å². The van der Waals surface area contributed by atoms with Crippen LogP contribution < -0.4 is 10.4 Å². The van der Waals surface area contributed by atoms with Gasteiger partial charge in [-0.3, -0.25) is 4.79 Å². The van der Waals surface area contributed by atoms with Crippen LogP contribution >= 0.6 is 0 Å². The van der Waals surface area contributed by atoms with Gasteiger partial charge in [0.15, 0.2) is 17.1 Å². The summed E-state index contributed by atoms with van der Waals surface area (Å²) in [6, 6.07) is 16.0. The molecule has 1 aromatic heterocycles. The van der Waals surface area contributed by atoms with E-state index in [2.05, 4.69) is 0 Å². The molecule has 0 radical (unpaired) electrons. The summed E-state index contributed by atoms with van der Waals surface area (Å²) in [6.45, 7) is 0. The third-order valence-electron chi connectivity index (χ3n) is 3.22. The van der Waals surface area contributed by atoms with Gasteiger partial charge in [0.05, 0.1) is 7.11 Å². The molecule has 1 heterocycles. The van der Waals surface area contributed by atoms with Crippen molar-refractivity contribution in [3.63, 3.8) is 0 Å². The highest BCUT2D eigenvalue weighted by Crippen LogP contribution is 2.23. The van der Waals surface area contributed by atoms with Gasteiger partial charge in [-0.05, 0) is 18.2 Å². The van der Waals surface area contributed by atoms with Crippen molar-refractivity contribution in [3.05, 3.63) is 76.1 Å². The second-order valence-corrected chi connectivity index (χ2v) is 4.54. The summed E-state index contributed by atoms with van der Waals surface area (Å²) < 4.78 is 10.1. The molecule has 2 aliphatic carbocycles. The first-order chi connectivity index (χ1) is 10.2. The normalized spacial score (nSPS) is 11.4. The van der Waals surface area contributed by atoms with Crippen LogP contribution in [0.2, 0.25) is 0 Å². The monoisotopic (exact) mass is 280 g/mol. The van der Waals surface area contributed by atoms with E-state index in [0.29, 0.717) is 11.3 Å². The zero-order valence-corrected chi connectivity index (χ0v) is 11.3. The Morgan fingerprint density at radius 2 is 1.62 bits per heavy atom. The number of para-hydroxylation sites is 1. The van der Waals surface area contributed by atoms with Gasteiger partial charge < -0.3 is 9.15 Å². The fraction of sp³-hybridized carbons (Fsp3) is 0.0588. The van der Waals surface area contributed by atoms with Crippen molar-refractivity contribution in [3.8, 4) is 5.75 Å². The van der Waals surface area contributed by atoms with Gasteiger partial charge in [-0.2, -0.15) is 0 Å². The Bertz CT molecular complexity index is 848. The third-order valence-corrected chi connectivity index (χ3v) is 3.22. The fourth-order valence-electron chi connectivity index (χ4n) is 2.12. The molecule has 0 spiro atoms. The van der Waals surface area contributed by atoms with Crippen molar-refractivity contribution in [1.29, 1.82) is 0 Å². The smallest absolute Gasteiger partial charge is 0.336 e. The van der Waals surface area contributed by atoms with Gasteiger partial charge >= 0.3 is 5.63 Å². The van der Waals surface area contributed by atoms with Crippen LogP contribution in [0.3, 0.4) is 0 Å². The van der Waals surface area contributed by atoms with E-state index in [1.54, 1.807) is 19.2 Å². The van der Waals surface area contributed by atoms with E-state index in [4.69, 9.17) is 9.15 Å². The predicted molar refractivity (Wildman–Crippen MR) is 78.9 cm³/mol. The zero-order valence-electron chi connectivity index (χ0n) is 11.3. The molecule has 104 valence electrons. The van der Waals surface area contributed by atoms with E-state index in [-0.39, 0.29) is 11.4 Å². The average Bonchev–Trinajstić information content (AvgIpc) is 2.55. The summed E-state index contributed by atoms with van der Waals surface area (Å²) in [5.41, 5.74) is 1.83. The average molecular weight is 280 g/mol. The molecule has 2 aliphatic rings. The first-order valence-electron chi connectivity index (χ1n) is 6.40. The molecule has 5 rings (SSSR count). The van der Waals surface area contributed by atoms with E-state index in [1.165, 1.54) is 6.07 Å². The van der Waals surface area contributed by atoms with Crippen molar-refractivity contribution >= 4 is 16.8 Å². The Labute approximate surface area is 120 Å². The number of ketones is 1. The minimum atomic E-state index is -0.364. The number of rotatable bonds is 1. The van der Waals surface area contributed by atoms with E-state index >= 15 is 0 Å². The molecule has 0 saturated heterocycles. The number of methoxy groups -OCH3 is 1. The van der Waals surface area contributed by atoms with Crippen molar-refractivity contribution in [1.82, 2.24) is 0 Å². The van der Waals surface area contributed by atoms with Crippen LogP contribution in [-0.4, -0.2) is 12.9 Å². The largest absolute Gasteiger partial charge is 0.493 e. The molecule has 4 nitrogen and oxygen atoms in total. The lowest BCUT2D eigenvalue weighted by Crippen LogP contribution is -2.10. The number of hydrogen-bond donors (Lipinski definition) is 0. The van der Waals surface area contributed by atoms with Crippen LogP contribution in [0, 0.1) is 0 Å². The lowest BCUT2D eigenvalue weighted by atomic mass is 9.92. The number of hydrogen-bond acceptors (Lipinski definition) is 4. The minimum Gasteiger partial charge on any atom is -0.493 e. The highest BCUT2D eigenvalue weighted by atomic mass is 16.5. The molecule has 2 aromatic carbocycles. The van der Waals surface area contributed by atoms with Crippen LogP contribution in [0.4, 0.5) is 0 Å². The maximum absolute atomic E-state index is 10.9. The minimum absolute atomic E-state index is 0.201. The summed E-state index contributed by atoms with van der Waals surface area (Å²) in [6.07, 6.45) is 0. The molecular weight excluding hydrogens is 268 g/mol. The highest BCUT2D eigenvalue weighted by Gasteiger charge is 2.17. The van der Waals surface area contributed by atoms with Crippen molar-refractivity contribution in [2.75, 3.05) is 7.11 Å². The quantitative estimate of drug-likeness (QED) is 0.503. The second kappa shape index (κ2) is 5.25. The highest BCUT2D eigenvalue weighted by molar-refractivity contribution is 6.16. The number of carbonyl (C=O) groups excluding carboxylic acids is 1. The van der Waals surface area contributed by atoms with Crippen LogP contribution in [0.15, 0.2) is 63.8 Å². The van der Waals surface area contributed by atoms with Crippen LogP contribution in [-0.2, 0) is 0 Å². The molecule has 0 fully saturated rings. The maximum atomic E-state index is 10.9. The number of fused-ring (bicyclic) bond motifs is 3. The maximum Gasteiger partial charge on any atom is 0.336 e. The van der Waals surface area contributed by atoms with E-state index in [9.17, 15) is 9.59 Å².